The maximum absolute atomic E-state index is 13.2. The Morgan fingerprint density at radius 3 is 2.45 bits per heavy atom. The Bertz CT molecular complexity index is 1010. The maximum atomic E-state index is 13.2. The highest BCUT2D eigenvalue weighted by molar-refractivity contribution is 5.98. The molecule has 0 aliphatic carbocycles. The third-order valence-electron chi connectivity index (χ3n) is 7.38. The molecule has 2 aliphatic heterocycles. The number of nitrogens with one attached hydrogen (secondary N) is 1. The van der Waals surface area contributed by atoms with Gasteiger partial charge in [0.15, 0.2) is 0 Å². The van der Waals surface area contributed by atoms with E-state index >= 15 is 0 Å². The van der Waals surface area contributed by atoms with E-state index in [9.17, 15) is 4.79 Å². The lowest BCUT2D eigenvalue weighted by Crippen LogP contribution is -2.46. The number of aromatic nitrogens is 1. The summed E-state index contributed by atoms with van der Waals surface area (Å²) < 4.78 is 0. The molecule has 2 fully saturated rings. The van der Waals surface area contributed by atoms with Gasteiger partial charge in [0.05, 0.1) is 0 Å². The smallest absolute Gasteiger partial charge is 0.270 e. The van der Waals surface area contributed by atoms with Crippen LogP contribution in [0.15, 0.2) is 54.6 Å². The molecule has 0 spiro atoms. The van der Waals surface area contributed by atoms with Crippen LogP contribution in [0.25, 0.3) is 10.9 Å². The predicted molar refractivity (Wildman–Crippen MR) is 126 cm³/mol. The minimum absolute atomic E-state index is 0.133. The number of carbonyl (C=O) groups is 1. The second kappa shape index (κ2) is 8.51. The summed E-state index contributed by atoms with van der Waals surface area (Å²) in [7, 11) is 0. The van der Waals surface area contributed by atoms with E-state index in [-0.39, 0.29) is 5.91 Å². The van der Waals surface area contributed by atoms with Crippen molar-refractivity contribution >= 4 is 16.8 Å². The number of rotatable bonds is 6. The minimum atomic E-state index is 0.133. The molecule has 31 heavy (non-hydrogen) atoms. The van der Waals surface area contributed by atoms with E-state index in [4.69, 9.17) is 0 Å². The Kier molecular flexibility index (Phi) is 5.58. The van der Waals surface area contributed by atoms with Crippen LogP contribution in [-0.2, 0) is 6.54 Å². The first-order valence-corrected chi connectivity index (χ1v) is 11.8. The zero-order valence-electron chi connectivity index (χ0n) is 18.7. The zero-order valence-corrected chi connectivity index (χ0v) is 18.7. The monoisotopic (exact) mass is 415 g/mol. The summed E-state index contributed by atoms with van der Waals surface area (Å²) in [6.07, 6.45) is 5.02. The van der Waals surface area contributed by atoms with Gasteiger partial charge in [-0.1, -0.05) is 48.0 Å². The highest BCUT2D eigenvalue weighted by Crippen LogP contribution is 2.40. The summed E-state index contributed by atoms with van der Waals surface area (Å²) in [5, 5.41) is 1.10. The Morgan fingerprint density at radius 2 is 1.77 bits per heavy atom. The molecule has 2 aromatic carbocycles. The Balaban J connectivity index is 1.24. The second-order valence-electron chi connectivity index (χ2n) is 9.49. The van der Waals surface area contributed by atoms with Crippen molar-refractivity contribution in [3.8, 4) is 0 Å². The van der Waals surface area contributed by atoms with Gasteiger partial charge in [-0.2, -0.15) is 0 Å². The molecule has 1 N–H and O–H groups in total. The first-order valence-electron chi connectivity index (χ1n) is 11.8. The number of carbonyl (C=O) groups excluding carboxylic acids is 1. The third kappa shape index (κ3) is 4.14. The van der Waals surface area contributed by atoms with Crippen molar-refractivity contribution in [3.05, 3.63) is 71.4 Å². The number of fused-ring (bicyclic) bond motifs is 3. The van der Waals surface area contributed by atoms with Crippen LogP contribution in [0.1, 0.15) is 54.2 Å². The molecule has 0 saturated carbocycles. The fraction of sp³-hybridized carbons (Fsp3) is 0.444. The van der Waals surface area contributed by atoms with E-state index in [1.165, 1.54) is 36.8 Å². The van der Waals surface area contributed by atoms with Gasteiger partial charge >= 0.3 is 0 Å². The van der Waals surface area contributed by atoms with Gasteiger partial charge in [-0.3, -0.25) is 9.69 Å². The van der Waals surface area contributed by atoms with Crippen molar-refractivity contribution in [2.45, 2.75) is 58.2 Å². The number of amides is 1. The van der Waals surface area contributed by atoms with Crippen LogP contribution in [0.2, 0.25) is 0 Å². The van der Waals surface area contributed by atoms with E-state index in [0.717, 1.165) is 30.5 Å². The molecule has 3 heterocycles. The van der Waals surface area contributed by atoms with Gasteiger partial charge in [-0.15, -0.1) is 0 Å². The number of hydrogen-bond donors (Lipinski definition) is 1. The first-order chi connectivity index (χ1) is 15.1. The van der Waals surface area contributed by atoms with E-state index in [1.807, 2.05) is 29.2 Å². The average molecular weight is 416 g/mol. The molecule has 2 unspecified atom stereocenters. The number of nitrogens with zero attached hydrogens (tertiary/aromatic N) is 2. The largest absolute Gasteiger partial charge is 0.351 e. The van der Waals surface area contributed by atoms with Crippen molar-refractivity contribution in [1.82, 2.24) is 14.8 Å². The van der Waals surface area contributed by atoms with Gasteiger partial charge < -0.3 is 9.88 Å². The van der Waals surface area contributed by atoms with E-state index in [2.05, 4.69) is 54.1 Å². The van der Waals surface area contributed by atoms with Crippen molar-refractivity contribution in [2.75, 3.05) is 13.1 Å². The van der Waals surface area contributed by atoms with Crippen molar-refractivity contribution in [1.29, 1.82) is 0 Å². The normalized spacial score (nSPS) is 23.4. The lowest BCUT2D eigenvalue weighted by atomic mass is 9.89. The molecule has 2 bridgehead atoms. The summed E-state index contributed by atoms with van der Waals surface area (Å²) in [6.45, 7) is 6.94. The molecule has 162 valence electrons. The topological polar surface area (TPSA) is 39.3 Å². The molecular formula is C27H33N3O. The molecule has 4 heteroatoms. The lowest BCUT2D eigenvalue weighted by Gasteiger charge is -2.40. The van der Waals surface area contributed by atoms with Gasteiger partial charge in [-0.25, -0.2) is 0 Å². The zero-order chi connectivity index (χ0) is 21.4. The van der Waals surface area contributed by atoms with Crippen molar-refractivity contribution in [2.24, 2.45) is 5.92 Å². The molecule has 4 nitrogen and oxygen atoms in total. The van der Waals surface area contributed by atoms with Crippen LogP contribution in [0.5, 0.6) is 0 Å². The summed E-state index contributed by atoms with van der Waals surface area (Å²) in [6, 6.07) is 20.4. The number of hydrogen-bond acceptors (Lipinski definition) is 2. The SMILES string of the molecule is CCN(CC1CC2CCC(C1)N2Cc1ccc(C)cc1)C(=O)c1cc2ccccc2[nH]1. The van der Waals surface area contributed by atoms with Crippen LogP contribution >= 0.6 is 0 Å². The van der Waals surface area contributed by atoms with Gasteiger partial charge in [0.2, 0.25) is 0 Å². The Morgan fingerprint density at radius 1 is 1.06 bits per heavy atom. The predicted octanol–water partition coefficient (Wildman–Crippen LogP) is 5.38. The highest BCUT2D eigenvalue weighted by Gasteiger charge is 2.41. The van der Waals surface area contributed by atoms with Crippen molar-refractivity contribution < 1.29 is 4.79 Å². The summed E-state index contributed by atoms with van der Waals surface area (Å²) in [5.41, 5.74) is 4.49. The minimum Gasteiger partial charge on any atom is -0.351 e. The molecule has 2 atom stereocenters. The number of aryl methyl sites for hydroxylation is 1. The molecule has 2 saturated heterocycles. The van der Waals surface area contributed by atoms with Crippen LogP contribution in [0, 0.1) is 12.8 Å². The molecule has 1 aromatic heterocycles. The van der Waals surface area contributed by atoms with E-state index in [1.54, 1.807) is 0 Å². The van der Waals surface area contributed by atoms with Gasteiger partial charge in [-0.05, 0) is 63.1 Å². The number of para-hydroxylation sites is 1. The van der Waals surface area contributed by atoms with Crippen LogP contribution in [0.3, 0.4) is 0 Å². The lowest BCUT2D eigenvalue weighted by molar-refractivity contribution is 0.0588. The van der Waals surface area contributed by atoms with Crippen molar-refractivity contribution in [3.63, 3.8) is 0 Å². The second-order valence-corrected chi connectivity index (χ2v) is 9.49. The number of aromatic amines is 1. The summed E-state index contributed by atoms with van der Waals surface area (Å²) in [4.78, 5) is 21.3. The highest BCUT2D eigenvalue weighted by atomic mass is 16.2. The average Bonchev–Trinajstić information content (AvgIpc) is 3.31. The van der Waals surface area contributed by atoms with E-state index < -0.39 is 0 Å². The maximum Gasteiger partial charge on any atom is 0.270 e. The van der Waals surface area contributed by atoms with Crippen LogP contribution < -0.4 is 0 Å². The van der Waals surface area contributed by atoms with Gasteiger partial charge in [0.25, 0.3) is 5.91 Å². The van der Waals surface area contributed by atoms with Crippen LogP contribution in [-0.4, -0.2) is 45.9 Å². The molecular weight excluding hydrogens is 382 g/mol. The fourth-order valence-corrected chi connectivity index (χ4v) is 5.72. The Hall–Kier alpha value is -2.59. The first kappa shape index (κ1) is 20.3. The molecule has 2 aliphatic rings. The van der Waals surface area contributed by atoms with Gasteiger partial charge in [0, 0.05) is 42.6 Å². The summed E-state index contributed by atoms with van der Waals surface area (Å²) in [5.74, 6) is 0.730. The van der Waals surface area contributed by atoms with Gasteiger partial charge in [0.1, 0.15) is 5.69 Å². The third-order valence-corrected chi connectivity index (χ3v) is 7.38. The number of piperidine rings is 1. The molecule has 3 aromatic rings. The van der Waals surface area contributed by atoms with Crippen LogP contribution in [0.4, 0.5) is 0 Å². The number of H-pyrrole nitrogens is 1. The summed E-state index contributed by atoms with van der Waals surface area (Å²) >= 11 is 0. The Labute approximate surface area is 185 Å². The molecule has 5 rings (SSSR count). The quantitative estimate of drug-likeness (QED) is 0.587. The number of benzene rings is 2. The standard InChI is InChI=1S/C27H33N3O/c1-3-29(27(31)26-16-22-6-4-5-7-25(22)28-26)17-21-14-23-12-13-24(15-21)30(23)18-20-10-8-19(2)9-11-20/h4-11,16,21,23-24,28H,3,12-15,17-18H2,1-2H3. The molecule has 1 amide bonds. The van der Waals surface area contributed by atoms with E-state index in [0.29, 0.717) is 23.7 Å². The molecule has 0 radical (unpaired) electrons. The fourth-order valence-electron chi connectivity index (χ4n) is 5.72.